The summed E-state index contributed by atoms with van der Waals surface area (Å²) in [5.74, 6) is 0. The quantitative estimate of drug-likeness (QED) is 0.176. The molecule has 7 N–H and O–H groups in total. The molecule has 0 aromatic rings. The van der Waals surface area contributed by atoms with E-state index in [2.05, 4.69) is 0 Å². The summed E-state index contributed by atoms with van der Waals surface area (Å²) in [6.45, 7) is 0. The average molecular weight is 561 g/mol. The van der Waals surface area contributed by atoms with Gasteiger partial charge >= 0.3 is 0 Å². The van der Waals surface area contributed by atoms with Crippen LogP contribution in [0.1, 0.15) is 154 Å². The molecule has 0 aromatic heterocycles. The van der Waals surface area contributed by atoms with Crippen LogP contribution < -0.4 is 0 Å². The Morgan fingerprint density at radius 1 is 0.132 bits per heavy atom. The molecule has 0 radical (unpaired) electrons. The second-order valence-corrected chi connectivity index (χ2v) is 8.49. The van der Waals surface area contributed by atoms with Crippen LogP contribution in [0.3, 0.4) is 0 Å². The zero-order valence-electron chi connectivity index (χ0n) is 27.1. The van der Waals surface area contributed by atoms with E-state index in [1.807, 2.05) is 0 Å². The predicted molar refractivity (Wildman–Crippen MR) is 168 cm³/mol. The third-order valence-electron chi connectivity index (χ3n) is 6.00. The molecule has 1 rings (SSSR count). The zero-order chi connectivity index (χ0) is 31.0. The minimum absolute atomic E-state index is 1.00. The van der Waals surface area contributed by atoms with Crippen LogP contribution in [-0.4, -0.2) is 85.5 Å². The number of aliphatic hydroxyl groups is 7. The largest absolute Gasteiger partial charge is 0.400 e. The molecular weight excluding hydrogens is 484 g/mol. The molecule has 1 aliphatic rings. The molecule has 0 unspecified atom stereocenters. The Balaban J connectivity index is -0.000000118. The third kappa shape index (κ3) is 76.5. The number of hydrogen-bond acceptors (Lipinski definition) is 7. The standard InChI is InChI=1S/C24H48.7CH4O/c1-2-4-6-8-10-12-14-16-18-20-22-24-23-21-19-17-15-13-11-9-7-5-3-1;7*1-2/h1-24H2;7*2H,1H3. The topological polar surface area (TPSA) is 142 Å². The van der Waals surface area contributed by atoms with Gasteiger partial charge in [0.2, 0.25) is 0 Å². The van der Waals surface area contributed by atoms with Crippen LogP contribution in [0.4, 0.5) is 0 Å². The van der Waals surface area contributed by atoms with Crippen LogP contribution >= 0.6 is 0 Å². The van der Waals surface area contributed by atoms with E-state index in [0.29, 0.717) is 0 Å². The van der Waals surface area contributed by atoms with E-state index < -0.39 is 0 Å². The minimum Gasteiger partial charge on any atom is -0.400 e. The molecule has 0 saturated heterocycles. The van der Waals surface area contributed by atoms with E-state index >= 15 is 0 Å². The molecule has 0 heterocycles. The lowest BCUT2D eigenvalue weighted by molar-refractivity contribution is 0.399. The molecule has 7 heteroatoms. The van der Waals surface area contributed by atoms with Gasteiger partial charge in [-0.15, -0.1) is 0 Å². The van der Waals surface area contributed by atoms with Gasteiger partial charge in [0.1, 0.15) is 0 Å². The summed E-state index contributed by atoms with van der Waals surface area (Å²) in [5, 5.41) is 49.0. The molecule has 38 heavy (non-hydrogen) atoms. The highest BCUT2D eigenvalue weighted by molar-refractivity contribution is 4.52. The first kappa shape index (κ1) is 53.9. The first-order valence-corrected chi connectivity index (χ1v) is 15.1. The molecular formula is C31H76O7. The molecule has 0 atom stereocenters. The van der Waals surface area contributed by atoms with E-state index in [0.717, 1.165) is 49.8 Å². The van der Waals surface area contributed by atoms with Gasteiger partial charge < -0.3 is 35.7 Å². The van der Waals surface area contributed by atoms with Gasteiger partial charge in [-0.25, -0.2) is 0 Å². The summed E-state index contributed by atoms with van der Waals surface area (Å²) in [6, 6.07) is 0. The van der Waals surface area contributed by atoms with Gasteiger partial charge in [-0.1, -0.05) is 154 Å². The summed E-state index contributed by atoms with van der Waals surface area (Å²) in [7, 11) is 7.00. The Bertz CT molecular complexity index is 136. The number of hydrogen-bond donors (Lipinski definition) is 7. The highest BCUT2D eigenvalue weighted by Crippen LogP contribution is 2.17. The van der Waals surface area contributed by atoms with Crippen molar-refractivity contribution in [3.63, 3.8) is 0 Å². The molecule has 0 spiro atoms. The Hall–Kier alpha value is -0.280. The maximum atomic E-state index is 7.00. The molecule has 1 fully saturated rings. The summed E-state index contributed by atoms with van der Waals surface area (Å²) < 4.78 is 0. The minimum atomic E-state index is 1.00. The van der Waals surface area contributed by atoms with Crippen LogP contribution in [0, 0.1) is 0 Å². The molecule has 7 nitrogen and oxygen atoms in total. The van der Waals surface area contributed by atoms with Crippen molar-refractivity contribution >= 4 is 0 Å². The summed E-state index contributed by atoms with van der Waals surface area (Å²) in [5.41, 5.74) is 0. The molecule has 242 valence electrons. The van der Waals surface area contributed by atoms with Crippen molar-refractivity contribution < 1.29 is 35.7 Å². The zero-order valence-corrected chi connectivity index (χ0v) is 27.1. The van der Waals surface area contributed by atoms with Gasteiger partial charge in [-0.05, 0) is 0 Å². The van der Waals surface area contributed by atoms with Crippen molar-refractivity contribution in [1.29, 1.82) is 0 Å². The molecule has 1 aliphatic carbocycles. The van der Waals surface area contributed by atoms with Crippen LogP contribution in [0.15, 0.2) is 0 Å². The van der Waals surface area contributed by atoms with Gasteiger partial charge in [0.25, 0.3) is 0 Å². The average Bonchev–Trinajstić information content (AvgIpc) is 3.03. The van der Waals surface area contributed by atoms with Gasteiger partial charge in [-0.3, -0.25) is 0 Å². The van der Waals surface area contributed by atoms with E-state index in [-0.39, 0.29) is 0 Å². The summed E-state index contributed by atoms with van der Waals surface area (Å²) >= 11 is 0. The van der Waals surface area contributed by atoms with Crippen molar-refractivity contribution in [3.8, 4) is 0 Å². The molecule has 0 amide bonds. The van der Waals surface area contributed by atoms with Crippen LogP contribution in [0.5, 0.6) is 0 Å². The summed E-state index contributed by atoms with van der Waals surface area (Å²) in [6.07, 6.45) is 36.0. The predicted octanol–water partition coefficient (Wildman–Crippen LogP) is 6.62. The lowest BCUT2D eigenvalue weighted by Crippen LogP contribution is -1.85. The molecule has 1 saturated carbocycles. The monoisotopic (exact) mass is 561 g/mol. The van der Waals surface area contributed by atoms with Gasteiger partial charge in [0.05, 0.1) is 0 Å². The Labute approximate surface area is 239 Å². The van der Waals surface area contributed by atoms with E-state index in [1.54, 1.807) is 0 Å². The maximum absolute atomic E-state index is 7.00. The highest BCUT2D eigenvalue weighted by atomic mass is 16.2. The number of rotatable bonds is 0. The van der Waals surface area contributed by atoms with Crippen LogP contribution in [-0.2, 0) is 0 Å². The lowest BCUT2D eigenvalue weighted by atomic mass is 10.0. The number of aliphatic hydroxyl groups excluding tert-OH is 7. The van der Waals surface area contributed by atoms with Crippen LogP contribution in [0.2, 0.25) is 0 Å². The highest BCUT2D eigenvalue weighted by Gasteiger charge is 1.97. The van der Waals surface area contributed by atoms with E-state index in [9.17, 15) is 0 Å². The van der Waals surface area contributed by atoms with Gasteiger partial charge in [0.15, 0.2) is 0 Å². The summed E-state index contributed by atoms with van der Waals surface area (Å²) in [4.78, 5) is 0. The van der Waals surface area contributed by atoms with Gasteiger partial charge in [-0.2, -0.15) is 0 Å². The van der Waals surface area contributed by atoms with E-state index in [4.69, 9.17) is 35.7 Å². The molecule has 0 aliphatic heterocycles. The Kier molecular flexibility index (Phi) is 118. The van der Waals surface area contributed by atoms with Crippen molar-refractivity contribution in [1.82, 2.24) is 0 Å². The van der Waals surface area contributed by atoms with Crippen LogP contribution in [0.25, 0.3) is 0 Å². The fourth-order valence-corrected chi connectivity index (χ4v) is 4.24. The SMILES string of the molecule is C1CCCCCCCCCCCCCCCCCCCCCCC1.CO.CO.CO.CO.CO.CO.CO. The first-order chi connectivity index (χ1) is 19.0. The second-order valence-electron chi connectivity index (χ2n) is 8.49. The second kappa shape index (κ2) is 83.3. The van der Waals surface area contributed by atoms with Crippen molar-refractivity contribution in [2.24, 2.45) is 0 Å². The molecule has 0 aromatic carbocycles. The molecule has 0 bridgehead atoms. The Morgan fingerprint density at radius 2 is 0.158 bits per heavy atom. The van der Waals surface area contributed by atoms with Gasteiger partial charge in [0, 0.05) is 49.8 Å². The third-order valence-corrected chi connectivity index (χ3v) is 6.00. The first-order valence-electron chi connectivity index (χ1n) is 15.1. The lowest BCUT2D eigenvalue weighted by Gasteiger charge is -2.05. The maximum Gasteiger partial charge on any atom is 0.0319 e. The van der Waals surface area contributed by atoms with E-state index in [1.165, 1.54) is 154 Å². The van der Waals surface area contributed by atoms with Crippen molar-refractivity contribution in [2.45, 2.75) is 154 Å². The normalized spacial score (nSPS) is 16.3. The Morgan fingerprint density at radius 3 is 0.184 bits per heavy atom. The fourth-order valence-electron chi connectivity index (χ4n) is 4.24. The van der Waals surface area contributed by atoms with Crippen molar-refractivity contribution in [3.05, 3.63) is 0 Å². The smallest absolute Gasteiger partial charge is 0.0319 e. The van der Waals surface area contributed by atoms with Crippen molar-refractivity contribution in [2.75, 3.05) is 49.8 Å². The fraction of sp³-hybridized carbons (Fsp3) is 1.00.